The molecule has 2 aliphatic heterocycles. The topological polar surface area (TPSA) is 18.5 Å². The minimum absolute atomic E-state index is 0.351. The lowest BCUT2D eigenvalue weighted by Crippen LogP contribution is -2.56. The normalized spacial score (nSPS) is 26.6. The van der Waals surface area contributed by atoms with E-state index in [1.165, 1.54) is 45.8 Å². The fourth-order valence-corrected chi connectivity index (χ4v) is 2.44. The zero-order chi connectivity index (χ0) is 10.9. The van der Waals surface area contributed by atoms with Crippen LogP contribution in [-0.4, -0.2) is 61.2 Å². The predicted octanol–water partition coefficient (Wildman–Crippen LogP) is 0.622. The first-order chi connectivity index (χ1) is 7.05. The van der Waals surface area contributed by atoms with E-state index in [0.29, 0.717) is 5.54 Å². The van der Waals surface area contributed by atoms with Crippen LogP contribution in [-0.2, 0) is 0 Å². The lowest BCUT2D eigenvalue weighted by Gasteiger charge is -2.43. The van der Waals surface area contributed by atoms with Crippen molar-refractivity contribution in [3.8, 4) is 0 Å². The molecule has 0 saturated carbocycles. The molecule has 0 unspecified atom stereocenters. The van der Waals surface area contributed by atoms with Crippen LogP contribution in [0.3, 0.4) is 0 Å². The summed E-state index contributed by atoms with van der Waals surface area (Å²) < 4.78 is 0. The van der Waals surface area contributed by atoms with Gasteiger partial charge in [-0.15, -0.1) is 0 Å². The summed E-state index contributed by atoms with van der Waals surface area (Å²) in [5.41, 5.74) is 0.351. The summed E-state index contributed by atoms with van der Waals surface area (Å²) in [4.78, 5) is 5.23. The van der Waals surface area contributed by atoms with Gasteiger partial charge in [-0.3, -0.25) is 4.90 Å². The third-order valence-electron chi connectivity index (χ3n) is 3.70. The molecule has 0 spiro atoms. The standard InChI is InChI=1S/C12H25N3/c1-12(2,3)15-6-4-14(5-7-15)10-11-8-13-9-11/h11,13H,4-10H2,1-3H3. The van der Waals surface area contributed by atoms with E-state index in [1.807, 2.05) is 0 Å². The number of rotatable bonds is 2. The largest absolute Gasteiger partial charge is 0.316 e. The molecule has 0 bridgehead atoms. The van der Waals surface area contributed by atoms with E-state index < -0.39 is 0 Å². The van der Waals surface area contributed by atoms with E-state index in [1.54, 1.807) is 0 Å². The molecule has 3 heteroatoms. The highest BCUT2D eigenvalue weighted by Crippen LogP contribution is 2.16. The summed E-state index contributed by atoms with van der Waals surface area (Å²) in [5, 5.41) is 3.35. The molecule has 0 aromatic heterocycles. The van der Waals surface area contributed by atoms with Crippen LogP contribution in [0.25, 0.3) is 0 Å². The Morgan fingerprint density at radius 2 is 1.67 bits per heavy atom. The molecule has 2 aliphatic rings. The van der Waals surface area contributed by atoms with Crippen LogP contribution in [0.5, 0.6) is 0 Å². The van der Waals surface area contributed by atoms with Gasteiger partial charge < -0.3 is 10.2 Å². The second-order valence-corrected chi connectivity index (χ2v) is 5.98. The number of nitrogens with one attached hydrogen (secondary N) is 1. The van der Waals surface area contributed by atoms with Crippen LogP contribution in [0.4, 0.5) is 0 Å². The van der Waals surface area contributed by atoms with Crippen molar-refractivity contribution in [3.05, 3.63) is 0 Å². The van der Waals surface area contributed by atoms with Gasteiger partial charge in [0, 0.05) is 51.4 Å². The van der Waals surface area contributed by atoms with E-state index in [0.717, 1.165) is 5.92 Å². The Morgan fingerprint density at radius 3 is 2.07 bits per heavy atom. The Hall–Kier alpha value is -0.120. The summed E-state index contributed by atoms with van der Waals surface area (Å²) >= 11 is 0. The third-order valence-corrected chi connectivity index (χ3v) is 3.70. The predicted molar refractivity (Wildman–Crippen MR) is 64.1 cm³/mol. The minimum Gasteiger partial charge on any atom is -0.316 e. The van der Waals surface area contributed by atoms with Gasteiger partial charge in [0.1, 0.15) is 0 Å². The third kappa shape index (κ3) is 2.92. The van der Waals surface area contributed by atoms with Crippen molar-refractivity contribution in [2.75, 3.05) is 45.8 Å². The first kappa shape index (κ1) is 11.4. The molecule has 0 aromatic rings. The SMILES string of the molecule is CC(C)(C)N1CCN(CC2CNC2)CC1. The van der Waals surface area contributed by atoms with Gasteiger partial charge >= 0.3 is 0 Å². The zero-order valence-electron chi connectivity index (χ0n) is 10.4. The molecule has 15 heavy (non-hydrogen) atoms. The lowest BCUT2D eigenvalue weighted by atomic mass is 10.0. The van der Waals surface area contributed by atoms with E-state index in [-0.39, 0.29) is 0 Å². The van der Waals surface area contributed by atoms with Crippen molar-refractivity contribution >= 4 is 0 Å². The molecule has 2 saturated heterocycles. The molecule has 0 radical (unpaired) electrons. The molecule has 0 amide bonds. The highest BCUT2D eigenvalue weighted by molar-refractivity contribution is 4.84. The average molecular weight is 211 g/mol. The van der Waals surface area contributed by atoms with E-state index in [2.05, 4.69) is 35.9 Å². The lowest BCUT2D eigenvalue weighted by molar-refractivity contribution is 0.0508. The Balaban J connectivity index is 1.71. The van der Waals surface area contributed by atoms with E-state index >= 15 is 0 Å². The van der Waals surface area contributed by atoms with Crippen molar-refractivity contribution in [2.24, 2.45) is 5.92 Å². The molecule has 2 heterocycles. The van der Waals surface area contributed by atoms with E-state index in [9.17, 15) is 0 Å². The van der Waals surface area contributed by atoms with Gasteiger partial charge in [-0.2, -0.15) is 0 Å². The van der Waals surface area contributed by atoms with Crippen molar-refractivity contribution in [1.82, 2.24) is 15.1 Å². The molecule has 0 atom stereocenters. The molecule has 0 aromatic carbocycles. The minimum atomic E-state index is 0.351. The molecular weight excluding hydrogens is 186 g/mol. The molecule has 0 aliphatic carbocycles. The second kappa shape index (κ2) is 4.40. The first-order valence-corrected chi connectivity index (χ1v) is 6.24. The van der Waals surface area contributed by atoms with Crippen LogP contribution >= 0.6 is 0 Å². The molecule has 88 valence electrons. The van der Waals surface area contributed by atoms with Gasteiger partial charge in [-0.25, -0.2) is 0 Å². The Morgan fingerprint density at radius 1 is 1.07 bits per heavy atom. The Kier molecular flexibility index (Phi) is 3.33. The van der Waals surface area contributed by atoms with Crippen molar-refractivity contribution in [3.63, 3.8) is 0 Å². The fraction of sp³-hybridized carbons (Fsp3) is 1.00. The Labute approximate surface area is 93.8 Å². The van der Waals surface area contributed by atoms with Crippen LogP contribution in [0.15, 0.2) is 0 Å². The van der Waals surface area contributed by atoms with Gasteiger partial charge in [0.15, 0.2) is 0 Å². The van der Waals surface area contributed by atoms with Crippen molar-refractivity contribution < 1.29 is 0 Å². The maximum Gasteiger partial charge on any atom is 0.0126 e. The smallest absolute Gasteiger partial charge is 0.0126 e. The molecule has 3 nitrogen and oxygen atoms in total. The van der Waals surface area contributed by atoms with Gasteiger partial charge in [0.05, 0.1) is 0 Å². The molecule has 1 N–H and O–H groups in total. The summed E-state index contributed by atoms with van der Waals surface area (Å²) in [6.07, 6.45) is 0. The van der Waals surface area contributed by atoms with Gasteiger partial charge in [-0.1, -0.05) is 0 Å². The van der Waals surface area contributed by atoms with Crippen LogP contribution in [0, 0.1) is 5.92 Å². The average Bonchev–Trinajstić information content (AvgIpc) is 2.11. The second-order valence-electron chi connectivity index (χ2n) is 5.98. The van der Waals surface area contributed by atoms with E-state index in [4.69, 9.17) is 0 Å². The number of hydrogen-bond donors (Lipinski definition) is 1. The maximum absolute atomic E-state index is 3.35. The fourth-order valence-electron chi connectivity index (χ4n) is 2.44. The van der Waals surface area contributed by atoms with Gasteiger partial charge in [0.2, 0.25) is 0 Å². The highest BCUT2D eigenvalue weighted by atomic mass is 15.3. The van der Waals surface area contributed by atoms with Crippen molar-refractivity contribution in [1.29, 1.82) is 0 Å². The van der Waals surface area contributed by atoms with Crippen LogP contribution in [0.1, 0.15) is 20.8 Å². The molecule has 2 fully saturated rings. The highest BCUT2D eigenvalue weighted by Gasteiger charge is 2.27. The van der Waals surface area contributed by atoms with Crippen LogP contribution in [0.2, 0.25) is 0 Å². The first-order valence-electron chi connectivity index (χ1n) is 6.24. The summed E-state index contributed by atoms with van der Waals surface area (Å²) in [6, 6.07) is 0. The number of nitrogens with zero attached hydrogens (tertiary/aromatic N) is 2. The summed E-state index contributed by atoms with van der Waals surface area (Å²) in [7, 11) is 0. The summed E-state index contributed by atoms with van der Waals surface area (Å²) in [5.74, 6) is 0.922. The van der Waals surface area contributed by atoms with Gasteiger partial charge in [-0.05, 0) is 26.7 Å². The zero-order valence-corrected chi connectivity index (χ0v) is 10.4. The number of hydrogen-bond acceptors (Lipinski definition) is 3. The monoisotopic (exact) mass is 211 g/mol. The quantitative estimate of drug-likeness (QED) is 0.722. The molecular formula is C12H25N3. The Bertz CT molecular complexity index is 197. The molecule has 2 rings (SSSR count). The number of piperazine rings is 1. The summed E-state index contributed by atoms with van der Waals surface area (Å²) in [6.45, 7) is 15.7. The van der Waals surface area contributed by atoms with Crippen LogP contribution < -0.4 is 5.32 Å². The maximum atomic E-state index is 3.35. The van der Waals surface area contributed by atoms with Crippen molar-refractivity contribution in [2.45, 2.75) is 26.3 Å². The van der Waals surface area contributed by atoms with Gasteiger partial charge in [0.25, 0.3) is 0 Å².